The highest BCUT2D eigenvalue weighted by molar-refractivity contribution is 7.07. The molecule has 0 unspecified atom stereocenters. The molecule has 0 spiro atoms. The average Bonchev–Trinajstić information content (AvgIpc) is 2.97. The smallest absolute Gasteiger partial charge is 0.205 e. The van der Waals surface area contributed by atoms with Gasteiger partial charge in [-0.25, -0.2) is 4.68 Å². The Hall–Kier alpha value is -2.86. The van der Waals surface area contributed by atoms with Gasteiger partial charge in [-0.15, -0.1) is 11.3 Å². The predicted octanol–water partition coefficient (Wildman–Crippen LogP) is 3.35. The summed E-state index contributed by atoms with van der Waals surface area (Å²) in [5, 5.41) is 26.0. The first-order valence-electron chi connectivity index (χ1n) is 7.36. The van der Waals surface area contributed by atoms with Gasteiger partial charge in [0.15, 0.2) is 0 Å². The Labute approximate surface area is 143 Å². The first kappa shape index (κ1) is 16.0. The van der Waals surface area contributed by atoms with Crippen LogP contribution in [-0.4, -0.2) is 28.2 Å². The zero-order chi connectivity index (χ0) is 17.1. The molecule has 0 atom stereocenters. The minimum Gasteiger partial charge on any atom is -0.508 e. The summed E-state index contributed by atoms with van der Waals surface area (Å²) in [7, 11) is 1.70. The highest BCUT2D eigenvalue weighted by Gasteiger charge is 2.12. The molecule has 0 radical (unpaired) electrons. The van der Waals surface area contributed by atoms with E-state index < -0.39 is 0 Å². The van der Waals surface area contributed by atoms with Crippen molar-refractivity contribution < 1.29 is 10.2 Å². The number of thiazole rings is 1. The molecule has 1 heterocycles. The van der Waals surface area contributed by atoms with Crippen LogP contribution in [0, 0.1) is 6.92 Å². The maximum Gasteiger partial charge on any atom is 0.205 e. The number of hydrogen-bond donors (Lipinski definition) is 2. The summed E-state index contributed by atoms with van der Waals surface area (Å²) in [5.74, 6) is 0.0112. The summed E-state index contributed by atoms with van der Waals surface area (Å²) < 4.78 is 1.68. The van der Waals surface area contributed by atoms with Gasteiger partial charge in [-0.05, 0) is 30.2 Å². The number of aromatic hydroxyl groups is 2. The molecule has 2 aromatic carbocycles. The highest BCUT2D eigenvalue weighted by atomic mass is 32.1. The molecular formula is C18H17N3O2S. The number of aromatic nitrogens is 1. The molecule has 5 nitrogen and oxygen atoms in total. The Morgan fingerprint density at radius 1 is 1.12 bits per heavy atom. The zero-order valence-electron chi connectivity index (χ0n) is 13.3. The average molecular weight is 339 g/mol. The molecule has 3 rings (SSSR count). The summed E-state index contributed by atoms with van der Waals surface area (Å²) in [6.45, 7) is 2.03. The summed E-state index contributed by atoms with van der Waals surface area (Å²) in [5.41, 5.74) is 3.43. The first-order valence-corrected chi connectivity index (χ1v) is 8.24. The fraction of sp³-hybridized carbons (Fsp3) is 0.111. The van der Waals surface area contributed by atoms with Crippen LogP contribution >= 0.6 is 11.3 Å². The lowest BCUT2D eigenvalue weighted by molar-refractivity contribution is 0.451. The largest absolute Gasteiger partial charge is 0.508 e. The van der Waals surface area contributed by atoms with Crippen molar-refractivity contribution >= 4 is 17.6 Å². The summed E-state index contributed by atoms with van der Waals surface area (Å²) >= 11 is 1.43. The molecule has 1 aromatic heterocycles. The van der Waals surface area contributed by atoms with Crippen LogP contribution in [0.3, 0.4) is 0 Å². The number of aryl methyl sites for hydroxylation is 1. The van der Waals surface area contributed by atoms with Crippen LogP contribution in [0.25, 0.3) is 11.3 Å². The third kappa shape index (κ3) is 3.09. The number of phenols is 2. The van der Waals surface area contributed by atoms with Crippen LogP contribution in [0.4, 0.5) is 0 Å². The minimum atomic E-state index is -0.00436. The molecule has 0 fully saturated rings. The molecule has 0 aliphatic rings. The SMILES string of the molecule is CN=c1scc(-c2ccc(O)cc2O)n1/N=C/c1ccccc1C. The standard InChI is InChI=1S/C18H17N3O2S/c1-12-5-3-4-6-13(12)10-20-21-16(11-24-18(21)19-2)15-8-7-14(22)9-17(15)23/h3-11,22-23H,1-2H3/b19-18?,20-10+. The van der Waals surface area contributed by atoms with Crippen molar-refractivity contribution in [2.24, 2.45) is 10.1 Å². The van der Waals surface area contributed by atoms with Crippen molar-refractivity contribution in [3.05, 3.63) is 63.8 Å². The van der Waals surface area contributed by atoms with E-state index in [1.54, 1.807) is 24.0 Å². The third-order valence-electron chi connectivity index (χ3n) is 3.63. The lowest BCUT2D eigenvalue weighted by Crippen LogP contribution is -2.11. The topological polar surface area (TPSA) is 70.1 Å². The van der Waals surface area contributed by atoms with Gasteiger partial charge in [0.2, 0.25) is 4.80 Å². The fourth-order valence-electron chi connectivity index (χ4n) is 2.34. The number of phenolic OH excluding ortho intramolecular Hbond substituents is 2. The molecule has 0 aliphatic heterocycles. The zero-order valence-corrected chi connectivity index (χ0v) is 14.2. The van der Waals surface area contributed by atoms with Crippen molar-refractivity contribution in [1.82, 2.24) is 4.68 Å². The van der Waals surface area contributed by atoms with Crippen molar-refractivity contribution in [1.29, 1.82) is 0 Å². The van der Waals surface area contributed by atoms with Crippen LogP contribution in [0.1, 0.15) is 11.1 Å². The Kier molecular flexibility index (Phi) is 4.48. The van der Waals surface area contributed by atoms with E-state index in [2.05, 4.69) is 10.1 Å². The van der Waals surface area contributed by atoms with E-state index in [0.717, 1.165) is 11.1 Å². The molecule has 0 aliphatic carbocycles. The molecule has 6 heteroatoms. The molecule has 0 amide bonds. The number of nitrogens with zero attached hydrogens (tertiary/aromatic N) is 3. The van der Waals surface area contributed by atoms with Gasteiger partial charge in [-0.1, -0.05) is 24.3 Å². The van der Waals surface area contributed by atoms with Gasteiger partial charge in [0.05, 0.1) is 11.9 Å². The normalized spacial score (nSPS) is 12.2. The van der Waals surface area contributed by atoms with E-state index in [1.807, 2.05) is 36.6 Å². The molecule has 0 saturated heterocycles. The minimum absolute atomic E-state index is 0.00436. The maximum absolute atomic E-state index is 10.1. The Balaban J connectivity index is 2.11. The number of hydrogen-bond acceptors (Lipinski definition) is 5. The first-order chi connectivity index (χ1) is 11.6. The maximum atomic E-state index is 10.1. The van der Waals surface area contributed by atoms with E-state index in [1.165, 1.54) is 23.5 Å². The van der Waals surface area contributed by atoms with Gasteiger partial charge >= 0.3 is 0 Å². The van der Waals surface area contributed by atoms with E-state index in [9.17, 15) is 10.2 Å². The van der Waals surface area contributed by atoms with Crippen molar-refractivity contribution in [2.45, 2.75) is 6.92 Å². The Morgan fingerprint density at radius 2 is 1.92 bits per heavy atom. The monoisotopic (exact) mass is 339 g/mol. The second-order valence-corrected chi connectivity index (χ2v) is 6.08. The lowest BCUT2D eigenvalue weighted by atomic mass is 10.1. The van der Waals surface area contributed by atoms with Crippen LogP contribution in [-0.2, 0) is 0 Å². The second-order valence-electron chi connectivity index (χ2n) is 5.24. The van der Waals surface area contributed by atoms with Crippen LogP contribution in [0.15, 0.2) is 57.9 Å². The quantitative estimate of drug-likeness (QED) is 0.719. The molecule has 24 heavy (non-hydrogen) atoms. The highest BCUT2D eigenvalue weighted by Crippen LogP contribution is 2.32. The summed E-state index contributed by atoms with van der Waals surface area (Å²) in [4.78, 5) is 4.95. The van der Waals surface area contributed by atoms with Gasteiger partial charge in [0.25, 0.3) is 0 Å². The molecular weight excluding hydrogens is 322 g/mol. The van der Waals surface area contributed by atoms with E-state index in [0.29, 0.717) is 16.1 Å². The van der Waals surface area contributed by atoms with E-state index in [-0.39, 0.29) is 11.5 Å². The number of benzene rings is 2. The van der Waals surface area contributed by atoms with Crippen LogP contribution in [0.5, 0.6) is 11.5 Å². The summed E-state index contributed by atoms with van der Waals surface area (Å²) in [6.07, 6.45) is 1.78. The molecule has 122 valence electrons. The number of rotatable bonds is 3. The van der Waals surface area contributed by atoms with Gasteiger partial charge < -0.3 is 10.2 Å². The Morgan fingerprint density at radius 3 is 2.62 bits per heavy atom. The fourth-order valence-corrected chi connectivity index (χ4v) is 3.13. The van der Waals surface area contributed by atoms with Crippen molar-refractivity contribution in [3.63, 3.8) is 0 Å². The third-order valence-corrected chi connectivity index (χ3v) is 4.54. The van der Waals surface area contributed by atoms with E-state index in [4.69, 9.17) is 0 Å². The summed E-state index contributed by atoms with van der Waals surface area (Å²) in [6, 6.07) is 12.5. The second kappa shape index (κ2) is 6.72. The van der Waals surface area contributed by atoms with Crippen molar-refractivity contribution in [3.8, 4) is 22.8 Å². The Bertz CT molecular complexity index is 970. The van der Waals surface area contributed by atoms with E-state index >= 15 is 0 Å². The van der Waals surface area contributed by atoms with Crippen molar-refractivity contribution in [2.75, 3.05) is 7.05 Å². The van der Waals surface area contributed by atoms with Gasteiger partial charge in [0, 0.05) is 24.1 Å². The molecule has 0 bridgehead atoms. The molecule has 2 N–H and O–H groups in total. The molecule has 3 aromatic rings. The van der Waals surface area contributed by atoms with Crippen LogP contribution < -0.4 is 4.80 Å². The van der Waals surface area contributed by atoms with Gasteiger partial charge in [-0.2, -0.15) is 5.10 Å². The van der Waals surface area contributed by atoms with Gasteiger partial charge in [0.1, 0.15) is 11.5 Å². The molecule has 0 saturated carbocycles. The van der Waals surface area contributed by atoms with Crippen LogP contribution in [0.2, 0.25) is 0 Å². The van der Waals surface area contributed by atoms with Gasteiger partial charge in [-0.3, -0.25) is 4.99 Å². The lowest BCUT2D eigenvalue weighted by Gasteiger charge is -2.06. The predicted molar refractivity (Wildman–Crippen MR) is 96.7 cm³/mol.